The molecule has 2 amide bonds. The molecule has 3 heterocycles. The van der Waals surface area contributed by atoms with E-state index in [-0.39, 0.29) is 18.2 Å². The first-order valence-electron chi connectivity index (χ1n) is 11.3. The van der Waals surface area contributed by atoms with Crippen LogP contribution in [0.3, 0.4) is 0 Å². The summed E-state index contributed by atoms with van der Waals surface area (Å²) in [6.45, 7) is 11.7. The van der Waals surface area contributed by atoms with Gasteiger partial charge in [0.25, 0.3) is 0 Å². The van der Waals surface area contributed by atoms with Gasteiger partial charge in [0.2, 0.25) is 11.8 Å². The number of nitrogens with two attached hydrogens (primary N) is 1. The van der Waals surface area contributed by atoms with Gasteiger partial charge < -0.3 is 25.3 Å². The predicted molar refractivity (Wildman–Crippen MR) is 135 cm³/mol. The standard InChI is InChI=1S/C25H33N5O3S/c1-5-6-21(33-4)17(2)7-8-23(31)28-25-20(15-26)19-9-12-30(16-22(19)34-25)24(32)10-13-29-14-11-27-18(29)3/h5-6,11,14H,1-2,7-10,12-13,15-16,26H2,3-4H3,(H,28,31)/b21-6+. The number of amides is 2. The molecule has 0 unspecified atom stereocenters. The van der Waals surface area contributed by atoms with E-state index in [1.165, 1.54) is 11.3 Å². The number of methoxy groups -OCH3 is 1. The molecular formula is C25H33N5O3S. The SMILES string of the molecule is C=C/C=C(/OC)C(=C)CCC(=O)Nc1sc2c(c1CN)CCN(C(=O)CCn1ccnc1C)C2. The van der Waals surface area contributed by atoms with Crippen molar-refractivity contribution in [1.82, 2.24) is 14.5 Å². The van der Waals surface area contributed by atoms with Crippen LogP contribution in [0.4, 0.5) is 5.00 Å². The molecule has 0 saturated heterocycles. The molecule has 1 aliphatic rings. The largest absolute Gasteiger partial charge is 0.497 e. The minimum atomic E-state index is -0.105. The van der Waals surface area contributed by atoms with Crippen molar-refractivity contribution >= 4 is 28.2 Å². The molecule has 0 saturated carbocycles. The molecule has 8 nitrogen and oxygen atoms in total. The van der Waals surface area contributed by atoms with Gasteiger partial charge in [0.05, 0.1) is 18.7 Å². The third-order valence-corrected chi connectivity index (χ3v) is 7.13. The van der Waals surface area contributed by atoms with Gasteiger partial charge in [0.15, 0.2) is 0 Å². The van der Waals surface area contributed by atoms with Crippen molar-refractivity contribution in [2.45, 2.75) is 52.2 Å². The Bertz CT molecular complexity index is 1100. The van der Waals surface area contributed by atoms with Crippen LogP contribution in [0.1, 0.15) is 41.1 Å². The molecule has 2 aromatic heterocycles. The van der Waals surface area contributed by atoms with Crippen molar-refractivity contribution in [3.63, 3.8) is 0 Å². The fraction of sp³-hybridized carbons (Fsp3) is 0.400. The van der Waals surface area contributed by atoms with Crippen LogP contribution in [0.15, 0.2) is 49.0 Å². The number of carbonyl (C=O) groups is 2. The van der Waals surface area contributed by atoms with Gasteiger partial charge in [-0.05, 0) is 37.0 Å². The summed E-state index contributed by atoms with van der Waals surface area (Å²) in [6, 6.07) is 0. The number of fused-ring (bicyclic) bond motifs is 1. The lowest BCUT2D eigenvalue weighted by molar-refractivity contribution is -0.132. The number of anilines is 1. The number of carbonyl (C=O) groups excluding carboxylic acids is 2. The molecule has 0 spiro atoms. The topological polar surface area (TPSA) is 102 Å². The second-order valence-corrected chi connectivity index (χ2v) is 9.23. The van der Waals surface area contributed by atoms with Gasteiger partial charge in [0.1, 0.15) is 11.6 Å². The van der Waals surface area contributed by atoms with E-state index in [0.717, 1.165) is 38.8 Å². The van der Waals surface area contributed by atoms with Crippen LogP contribution in [0.2, 0.25) is 0 Å². The molecular weight excluding hydrogens is 450 g/mol. The first-order chi connectivity index (χ1) is 16.4. The Labute approximate surface area is 204 Å². The van der Waals surface area contributed by atoms with Crippen LogP contribution < -0.4 is 11.1 Å². The number of imidazole rings is 1. The summed E-state index contributed by atoms with van der Waals surface area (Å²) in [5.41, 5.74) is 8.91. The zero-order valence-electron chi connectivity index (χ0n) is 19.9. The summed E-state index contributed by atoms with van der Waals surface area (Å²) < 4.78 is 7.26. The molecule has 0 radical (unpaired) electrons. The molecule has 0 atom stereocenters. The summed E-state index contributed by atoms with van der Waals surface area (Å²) in [7, 11) is 1.57. The lowest BCUT2D eigenvalue weighted by atomic mass is 10.0. The first-order valence-corrected chi connectivity index (χ1v) is 12.1. The van der Waals surface area contributed by atoms with E-state index in [2.05, 4.69) is 23.5 Å². The van der Waals surface area contributed by atoms with Crippen LogP contribution in [0, 0.1) is 6.92 Å². The van der Waals surface area contributed by atoms with E-state index in [0.29, 0.717) is 44.8 Å². The molecule has 34 heavy (non-hydrogen) atoms. The highest BCUT2D eigenvalue weighted by atomic mass is 32.1. The van der Waals surface area contributed by atoms with E-state index >= 15 is 0 Å². The Morgan fingerprint density at radius 1 is 1.35 bits per heavy atom. The highest BCUT2D eigenvalue weighted by Gasteiger charge is 2.27. The average molecular weight is 484 g/mol. The third-order valence-electron chi connectivity index (χ3n) is 5.96. The number of allylic oxidation sites excluding steroid dienone is 3. The Hall–Kier alpha value is -3.17. The van der Waals surface area contributed by atoms with Gasteiger partial charge in [-0.1, -0.05) is 19.2 Å². The van der Waals surface area contributed by atoms with Crippen LogP contribution in [0.25, 0.3) is 0 Å². The summed E-state index contributed by atoms with van der Waals surface area (Å²) in [6.07, 6.45) is 8.91. The van der Waals surface area contributed by atoms with Crippen molar-refractivity contribution < 1.29 is 14.3 Å². The molecule has 182 valence electrons. The summed E-state index contributed by atoms with van der Waals surface area (Å²) >= 11 is 1.51. The normalized spacial score (nSPS) is 13.4. The molecule has 0 aromatic carbocycles. The van der Waals surface area contributed by atoms with Crippen molar-refractivity contribution in [3.8, 4) is 0 Å². The summed E-state index contributed by atoms with van der Waals surface area (Å²) in [5, 5.41) is 3.80. The van der Waals surface area contributed by atoms with E-state index in [4.69, 9.17) is 10.5 Å². The Kier molecular flexibility index (Phi) is 8.84. The fourth-order valence-electron chi connectivity index (χ4n) is 4.03. The van der Waals surface area contributed by atoms with Crippen LogP contribution in [-0.2, 0) is 40.4 Å². The Balaban J connectivity index is 1.60. The predicted octanol–water partition coefficient (Wildman–Crippen LogP) is 3.68. The minimum Gasteiger partial charge on any atom is -0.497 e. The molecule has 1 aliphatic heterocycles. The van der Waals surface area contributed by atoms with Crippen LogP contribution >= 0.6 is 11.3 Å². The number of nitrogens with zero attached hydrogens (tertiary/aromatic N) is 3. The Morgan fingerprint density at radius 2 is 2.15 bits per heavy atom. The highest BCUT2D eigenvalue weighted by Crippen LogP contribution is 2.37. The van der Waals surface area contributed by atoms with Gasteiger partial charge >= 0.3 is 0 Å². The molecule has 2 aromatic rings. The summed E-state index contributed by atoms with van der Waals surface area (Å²) in [4.78, 5) is 32.6. The molecule has 3 N–H and O–H groups in total. The number of aromatic nitrogens is 2. The maximum absolute atomic E-state index is 12.8. The zero-order chi connectivity index (χ0) is 24.7. The van der Waals surface area contributed by atoms with Crippen LogP contribution in [0.5, 0.6) is 0 Å². The fourth-order valence-corrected chi connectivity index (χ4v) is 5.34. The summed E-state index contributed by atoms with van der Waals surface area (Å²) in [5.74, 6) is 1.53. The zero-order valence-corrected chi connectivity index (χ0v) is 20.7. The van der Waals surface area contributed by atoms with Gasteiger partial charge in [-0.3, -0.25) is 9.59 Å². The van der Waals surface area contributed by atoms with E-state index in [1.807, 2.05) is 22.6 Å². The second kappa shape index (κ2) is 11.8. The van der Waals surface area contributed by atoms with Crippen LogP contribution in [-0.4, -0.2) is 39.9 Å². The number of hydrogen-bond donors (Lipinski definition) is 2. The molecule has 3 rings (SSSR count). The van der Waals surface area contributed by atoms with E-state index in [9.17, 15) is 9.59 Å². The quantitative estimate of drug-likeness (QED) is 0.375. The maximum atomic E-state index is 12.8. The van der Waals surface area contributed by atoms with Crippen molar-refractivity contribution in [2.24, 2.45) is 5.73 Å². The van der Waals surface area contributed by atoms with Gasteiger partial charge in [0, 0.05) is 55.3 Å². The van der Waals surface area contributed by atoms with Gasteiger partial charge in [-0.15, -0.1) is 11.3 Å². The lowest BCUT2D eigenvalue weighted by Crippen LogP contribution is -2.36. The van der Waals surface area contributed by atoms with Crippen molar-refractivity contribution in [3.05, 3.63) is 70.9 Å². The number of nitrogens with one attached hydrogen (secondary N) is 1. The number of thiophene rings is 1. The second-order valence-electron chi connectivity index (χ2n) is 8.12. The first kappa shape index (κ1) is 25.5. The minimum absolute atomic E-state index is 0.105. The van der Waals surface area contributed by atoms with Gasteiger partial charge in [-0.25, -0.2) is 4.98 Å². The monoisotopic (exact) mass is 483 g/mol. The van der Waals surface area contributed by atoms with E-state index < -0.39 is 0 Å². The lowest BCUT2D eigenvalue weighted by Gasteiger charge is -2.27. The highest BCUT2D eigenvalue weighted by molar-refractivity contribution is 7.16. The maximum Gasteiger partial charge on any atom is 0.225 e. The number of ether oxygens (including phenoxy) is 1. The Morgan fingerprint density at radius 3 is 2.79 bits per heavy atom. The molecule has 0 fully saturated rings. The van der Waals surface area contributed by atoms with Crippen molar-refractivity contribution in [2.75, 3.05) is 19.0 Å². The number of rotatable bonds is 11. The van der Waals surface area contributed by atoms with E-state index in [1.54, 1.807) is 25.5 Å². The van der Waals surface area contributed by atoms with Gasteiger partial charge in [-0.2, -0.15) is 0 Å². The smallest absolute Gasteiger partial charge is 0.225 e. The molecule has 0 aliphatic carbocycles. The van der Waals surface area contributed by atoms with Crippen molar-refractivity contribution in [1.29, 1.82) is 0 Å². The number of hydrogen-bond acceptors (Lipinski definition) is 6. The number of aryl methyl sites for hydroxylation is 2. The average Bonchev–Trinajstić information content (AvgIpc) is 3.40. The molecule has 9 heteroatoms. The third kappa shape index (κ3) is 6.03. The molecule has 0 bridgehead atoms.